The maximum atomic E-state index is 12.7. The van der Waals surface area contributed by atoms with E-state index in [1.807, 2.05) is 0 Å². The minimum absolute atomic E-state index is 0.203. The normalized spacial score (nSPS) is 29.1. The summed E-state index contributed by atoms with van der Waals surface area (Å²) >= 11 is 0. The number of hydrogen-bond acceptors (Lipinski definition) is 2. The Labute approximate surface area is 88.6 Å². The zero-order valence-corrected chi connectivity index (χ0v) is 9.15. The van der Waals surface area contributed by atoms with Gasteiger partial charge in [-0.3, -0.25) is 0 Å². The summed E-state index contributed by atoms with van der Waals surface area (Å²) in [7, 11) is 2.09. The summed E-state index contributed by atoms with van der Waals surface area (Å²) in [6.45, 7) is 0. The van der Waals surface area contributed by atoms with Gasteiger partial charge in [0.25, 0.3) is 0 Å². The number of halogens is 4. The third-order valence-electron chi connectivity index (χ3n) is 2.03. The summed E-state index contributed by atoms with van der Waals surface area (Å²) in [5, 5.41) is 0.203. The quantitative estimate of drug-likeness (QED) is 0.542. The maximum Gasteiger partial charge on any atom is 0.398 e. The van der Waals surface area contributed by atoms with Gasteiger partial charge in [0.05, 0.1) is 5.75 Å². The molecule has 1 saturated carbocycles. The monoisotopic (exact) mass is 248 g/mol. The van der Waals surface area contributed by atoms with Crippen molar-refractivity contribution in [2.75, 3.05) is 5.75 Å². The van der Waals surface area contributed by atoms with Crippen LogP contribution in [-0.2, 0) is 0 Å². The second-order valence-electron chi connectivity index (χ2n) is 3.35. The molecule has 0 amide bonds. The van der Waals surface area contributed by atoms with Crippen LogP contribution in [0.25, 0.3) is 0 Å². The van der Waals surface area contributed by atoms with E-state index in [1.165, 1.54) is 10.8 Å². The van der Waals surface area contributed by atoms with E-state index in [4.69, 9.17) is 0 Å². The fraction of sp³-hybridized carbons (Fsp3) is 1.00. The van der Waals surface area contributed by atoms with Crippen LogP contribution in [-0.4, -0.2) is 23.4 Å². The second-order valence-corrected chi connectivity index (χ2v) is 6.02. The Morgan fingerprint density at radius 1 is 1.07 bits per heavy atom. The molecule has 6 heteroatoms. The maximum absolute atomic E-state index is 12.7. The molecule has 0 N–H and O–H groups in total. The van der Waals surface area contributed by atoms with Crippen molar-refractivity contribution in [3.05, 3.63) is 0 Å². The van der Waals surface area contributed by atoms with Gasteiger partial charge in [-0.1, -0.05) is 21.6 Å². The molecule has 84 valence electrons. The predicted octanol–water partition coefficient (Wildman–Crippen LogP) is 4.21. The smallest absolute Gasteiger partial charge is 0.247 e. The predicted molar refractivity (Wildman–Crippen MR) is 53.3 cm³/mol. The van der Waals surface area contributed by atoms with E-state index in [0.29, 0.717) is 25.7 Å². The minimum Gasteiger partial charge on any atom is -0.247 e. The molecule has 0 radical (unpaired) electrons. The lowest BCUT2D eigenvalue weighted by Gasteiger charge is -2.23. The van der Waals surface area contributed by atoms with E-state index < -0.39 is 18.1 Å². The highest BCUT2D eigenvalue weighted by Crippen LogP contribution is 2.39. The molecular weight excluding hydrogens is 236 g/mol. The Morgan fingerprint density at radius 3 is 2.14 bits per heavy atom. The van der Waals surface area contributed by atoms with Crippen LogP contribution in [0.5, 0.6) is 0 Å². The Bertz CT molecular complexity index is 163. The molecule has 0 aromatic carbocycles. The van der Waals surface area contributed by atoms with Crippen LogP contribution in [0.2, 0.25) is 0 Å². The first kappa shape index (κ1) is 12.5. The van der Waals surface area contributed by atoms with Crippen molar-refractivity contribution in [3.8, 4) is 0 Å². The summed E-state index contributed by atoms with van der Waals surface area (Å²) in [4.78, 5) is 0. The van der Waals surface area contributed by atoms with Gasteiger partial charge in [-0.25, -0.2) is 4.39 Å². The van der Waals surface area contributed by atoms with Crippen molar-refractivity contribution < 1.29 is 17.6 Å². The largest absolute Gasteiger partial charge is 0.398 e. The highest BCUT2D eigenvalue weighted by atomic mass is 33.1. The molecule has 0 saturated heterocycles. The summed E-state index contributed by atoms with van der Waals surface area (Å²) in [6.07, 6.45) is -2.41. The molecule has 0 nitrogen and oxygen atoms in total. The van der Waals surface area contributed by atoms with Crippen molar-refractivity contribution in [1.29, 1.82) is 0 Å². The van der Waals surface area contributed by atoms with Gasteiger partial charge in [-0.15, -0.1) is 0 Å². The van der Waals surface area contributed by atoms with Gasteiger partial charge in [0, 0.05) is 5.25 Å². The molecule has 0 bridgehead atoms. The average molecular weight is 248 g/mol. The van der Waals surface area contributed by atoms with Gasteiger partial charge in [0.1, 0.15) is 6.17 Å². The van der Waals surface area contributed by atoms with E-state index >= 15 is 0 Å². The van der Waals surface area contributed by atoms with Gasteiger partial charge in [-0.05, 0) is 25.7 Å². The highest BCUT2D eigenvalue weighted by Gasteiger charge is 2.28. The molecule has 1 aliphatic carbocycles. The van der Waals surface area contributed by atoms with Gasteiger partial charge in [0.15, 0.2) is 0 Å². The lowest BCUT2D eigenvalue weighted by atomic mass is 9.99. The minimum atomic E-state index is -4.09. The molecule has 0 unspecified atom stereocenters. The first-order valence-corrected chi connectivity index (χ1v) is 6.84. The first-order chi connectivity index (χ1) is 6.47. The molecule has 0 aromatic heterocycles. The molecular formula is C8H12F4S2. The molecule has 1 aliphatic rings. The van der Waals surface area contributed by atoms with Gasteiger partial charge < -0.3 is 0 Å². The van der Waals surface area contributed by atoms with Crippen molar-refractivity contribution in [2.45, 2.75) is 43.3 Å². The second kappa shape index (κ2) is 5.49. The lowest BCUT2D eigenvalue weighted by Crippen LogP contribution is -2.16. The van der Waals surface area contributed by atoms with Crippen molar-refractivity contribution >= 4 is 21.6 Å². The third kappa shape index (κ3) is 5.34. The van der Waals surface area contributed by atoms with Gasteiger partial charge in [-0.2, -0.15) is 13.2 Å². The summed E-state index contributed by atoms with van der Waals surface area (Å²) in [5.74, 6) is -0.812. The molecule has 0 aromatic rings. The number of rotatable bonds is 3. The van der Waals surface area contributed by atoms with Crippen LogP contribution in [0, 0.1) is 0 Å². The molecule has 0 heterocycles. The number of hydrogen-bond donors (Lipinski definition) is 0. The summed E-state index contributed by atoms with van der Waals surface area (Å²) < 4.78 is 48.0. The Kier molecular flexibility index (Phi) is 4.90. The van der Waals surface area contributed by atoms with E-state index in [1.54, 1.807) is 0 Å². The van der Waals surface area contributed by atoms with Crippen LogP contribution >= 0.6 is 21.6 Å². The Balaban J connectivity index is 2.08. The van der Waals surface area contributed by atoms with Crippen LogP contribution in [0.3, 0.4) is 0 Å². The summed E-state index contributed by atoms with van der Waals surface area (Å²) in [5.41, 5.74) is 0. The first-order valence-electron chi connectivity index (χ1n) is 4.46. The van der Waals surface area contributed by atoms with E-state index in [9.17, 15) is 17.6 Å². The van der Waals surface area contributed by atoms with E-state index in [-0.39, 0.29) is 5.25 Å². The fourth-order valence-corrected chi connectivity index (χ4v) is 3.93. The van der Waals surface area contributed by atoms with Crippen LogP contribution in [0.1, 0.15) is 25.7 Å². The SMILES string of the molecule is FC1CCC(SSCC(F)(F)F)CC1. The molecule has 1 rings (SSSR count). The summed E-state index contributed by atoms with van der Waals surface area (Å²) in [6, 6.07) is 0. The van der Waals surface area contributed by atoms with Crippen molar-refractivity contribution in [3.63, 3.8) is 0 Å². The molecule has 14 heavy (non-hydrogen) atoms. The van der Waals surface area contributed by atoms with Crippen LogP contribution < -0.4 is 0 Å². The Hall–Kier alpha value is 0.420. The van der Waals surface area contributed by atoms with Crippen molar-refractivity contribution in [1.82, 2.24) is 0 Å². The zero-order chi connectivity index (χ0) is 10.6. The highest BCUT2D eigenvalue weighted by molar-refractivity contribution is 8.76. The Morgan fingerprint density at radius 2 is 1.64 bits per heavy atom. The van der Waals surface area contributed by atoms with Gasteiger partial charge >= 0.3 is 6.18 Å². The van der Waals surface area contributed by atoms with Crippen LogP contribution in [0.15, 0.2) is 0 Å². The molecule has 1 fully saturated rings. The standard InChI is InChI=1S/C8H12F4S2/c9-6-1-3-7(4-2-6)14-13-5-8(10,11)12/h6-7H,1-5H2. The molecule has 0 aliphatic heterocycles. The third-order valence-corrected chi connectivity index (χ3v) is 4.93. The van der Waals surface area contributed by atoms with Crippen LogP contribution in [0.4, 0.5) is 17.6 Å². The zero-order valence-electron chi connectivity index (χ0n) is 7.52. The van der Waals surface area contributed by atoms with Crippen molar-refractivity contribution in [2.24, 2.45) is 0 Å². The fourth-order valence-electron chi connectivity index (χ4n) is 1.32. The molecule has 0 atom stereocenters. The lowest BCUT2D eigenvalue weighted by molar-refractivity contribution is -0.104. The topological polar surface area (TPSA) is 0 Å². The molecule has 0 spiro atoms. The average Bonchev–Trinajstić information content (AvgIpc) is 2.06. The van der Waals surface area contributed by atoms with Gasteiger partial charge in [0.2, 0.25) is 0 Å². The number of alkyl halides is 4. The van der Waals surface area contributed by atoms with E-state index in [0.717, 1.165) is 10.8 Å². The van der Waals surface area contributed by atoms with E-state index in [2.05, 4.69) is 0 Å².